The van der Waals surface area contributed by atoms with Crippen LogP contribution in [0.2, 0.25) is 0 Å². The number of hydrogen-bond acceptors (Lipinski definition) is 5. The first kappa shape index (κ1) is 11.4. The maximum absolute atomic E-state index is 10.7. The second-order valence-electron chi connectivity index (χ2n) is 3.27. The number of ether oxygens (including phenoxy) is 1. The van der Waals surface area contributed by atoms with Gasteiger partial charge in [-0.25, -0.2) is 9.97 Å². The van der Waals surface area contributed by atoms with Gasteiger partial charge in [-0.2, -0.15) is 0 Å². The van der Waals surface area contributed by atoms with Gasteiger partial charge in [-0.05, 0) is 13.8 Å². The predicted octanol–water partition coefficient (Wildman–Crippen LogP) is 0.348. The maximum atomic E-state index is 10.7. The summed E-state index contributed by atoms with van der Waals surface area (Å²) in [4.78, 5) is 18.3. The monoisotopic (exact) mass is 211 g/mol. The van der Waals surface area contributed by atoms with Gasteiger partial charge in [-0.15, -0.1) is 0 Å². The van der Waals surface area contributed by atoms with Crippen molar-refractivity contribution < 1.29 is 14.6 Å². The molecule has 0 saturated heterocycles. The summed E-state index contributed by atoms with van der Waals surface area (Å²) in [6, 6.07) is -1.17. The summed E-state index contributed by atoms with van der Waals surface area (Å²) >= 11 is 0. The molecule has 0 fully saturated rings. The van der Waals surface area contributed by atoms with Gasteiger partial charge in [-0.3, -0.25) is 4.79 Å². The Morgan fingerprint density at radius 2 is 2.27 bits per heavy atom. The Morgan fingerprint density at radius 1 is 1.60 bits per heavy atom. The minimum Gasteiger partial charge on any atom is -0.480 e. The zero-order chi connectivity index (χ0) is 11.4. The number of carbonyl (C=O) groups is 1. The second kappa shape index (κ2) is 4.70. The van der Waals surface area contributed by atoms with Crippen LogP contribution in [0, 0.1) is 0 Å². The summed E-state index contributed by atoms with van der Waals surface area (Å²) < 4.78 is 5.32. The average molecular weight is 211 g/mol. The fourth-order valence-electron chi connectivity index (χ4n) is 0.997. The topological polar surface area (TPSA) is 98.3 Å². The molecule has 82 valence electrons. The largest absolute Gasteiger partial charge is 0.480 e. The van der Waals surface area contributed by atoms with Crippen LogP contribution in [0.15, 0.2) is 12.5 Å². The number of rotatable bonds is 4. The quantitative estimate of drug-likeness (QED) is 0.745. The molecule has 6 heteroatoms. The zero-order valence-electron chi connectivity index (χ0n) is 8.54. The number of aromatic nitrogens is 2. The summed E-state index contributed by atoms with van der Waals surface area (Å²) in [7, 11) is 0. The van der Waals surface area contributed by atoms with E-state index in [0.717, 1.165) is 0 Å². The molecule has 0 aromatic carbocycles. The molecule has 0 bridgehead atoms. The maximum Gasteiger partial charge on any atom is 0.325 e. The smallest absolute Gasteiger partial charge is 0.325 e. The summed E-state index contributed by atoms with van der Waals surface area (Å²) in [5, 5.41) is 8.76. The van der Waals surface area contributed by atoms with Crippen LogP contribution in [-0.4, -0.2) is 27.1 Å². The average Bonchev–Trinajstić information content (AvgIpc) is 2.16. The fraction of sp³-hybridized carbons (Fsp3) is 0.444. The Morgan fingerprint density at radius 3 is 2.80 bits per heavy atom. The molecular weight excluding hydrogens is 198 g/mol. The lowest BCUT2D eigenvalue weighted by atomic mass is 10.1. The van der Waals surface area contributed by atoms with Crippen LogP contribution < -0.4 is 10.5 Å². The number of carboxylic acid groups (broad SMARTS) is 1. The molecule has 0 aliphatic carbocycles. The second-order valence-corrected chi connectivity index (χ2v) is 3.27. The highest BCUT2D eigenvalue weighted by Gasteiger charge is 2.20. The highest BCUT2D eigenvalue weighted by Crippen LogP contribution is 2.20. The molecule has 0 amide bonds. The van der Waals surface area contributed by atoms with Gasteiger partial charge in [0.2, 0.25) is 5.88 Å². The van der Waals surface area contributed by atoms with Crippen LogP contribution >= 0.6 is 0 Å². The summed E-state index contributed by atoms with van der Waals surface area (Å²) in [5.74, 6) is -0.923. The van der Waals surface area contributed by atoms with Crippen molar-refractivity contribution in [2.75, 3.05) is 0 Å². The molecule has 1 rings (SSSR count). The molecule has 0 radical (unpaired) electrons. The van der Waals surface area contributed by atoms with E-state index < -0.39 is 12.0 Å². The molecule has 1 aromatic heterocycles. The van der Waals surface area contributed by atoms with E-state index in [1.54, 1.807) is 0 Å². The number of nitrogens with zero attached hydrogens (tertiary/aromatic N) is 2. The number of nitrogens with two attached hydrogens (primary N) is 1. The Hall–Kier alpha value is -1.69. The molecule has 1 aromatic rings. The highest BCUT2D eigenvalue weighted by molar-refractivity contribution is 5.75. The first-order valence-corrected chi connectivity index (χ1v) is 4.47. The normalized spacial score (nSPS) is 12.5. The van der Waals surface area contributed by atoms with E-state index in [-0.39, 0.29) is 17.5 Å². The van der Waals surface area contributed by atoms with Gasteiger partial charge in [-0.1, -0.05) is 0 Å². The lowest BCUT2D eigenvalue weighted by Crippen LogP contribution is -2.23. The van der Waals surface area contributed by atoms with Gasteiger partial charge < -0.3 is 15.6 Å². The van der Waals surface area contributed by atoms with Crippen LogP contribution in [0.1, 0.15) is 25.5 Å². The molecule has 15 heavy (non-hydrogen) atoms. The van der Waals surface area contributed by atoms with E-state index in [1.807, 2.05) is 13.8 Å². The van der Waals surface area contributed by atoms with E-state index in [9.17, 15) is 4.79 Å². The minimum atomic E-state index is -1.17. The molecule has 3 N–H and O–H groups in total. The van der Waals surface area contributed by atoms with E-state index >= 15 is 0 Å². The third-order valence-electron chi connectivity index (χ3n) is 1.65. The molecule has 6 nitrogen and oxygen atoms in total. The third-order valence-corrected chi connectivity index (χ3v) is 1.65. The first-order chi connectivity index (χ1) is 7.02. The molecular formula is C9H13N3O3. The van der Waals surface area contributed by atoms with Crippen LogP contribution in [0.4, 0.5) is 0 Å². The molecule has 0 spiro atoms. The molecule has 0 saturated carbocycles. The molecule has 1 unspecified atom stereocenters. The fourth-order valence-corrected chi connectivity index (χ4v) is 0.997. The zero-order valence-corrected chi connectivity index (χ0v) is 8.54. The number of hydrogen-bond donors (Lipinski definition) is 2. The van der Waals surface area contributed by atoms with Crippen molar-refractivity contribution in [2.24, 2.45) is 5.73 Å². The Labute approximate surface area is 87.1 Å². The standard InChI is InChI=1S/C9H13N3O3/c1-5(2)15-8-6(3-11-4-12-8)7(10)9(13)14/h3-5,7H,10H2,1-2H3,(H,13,14). The van der Waals surface area contributed by atoms with E-state index in [1.165, 1.54) is 12.5 Å². The van der Waals surface area contributed by atoms with E-state index in [2.05, 4.69) is 9.97 Å². The van der Waals surface area contributed by atoms with Crippen LogP contribution in [0.3, 0.4) is 0 Å². The van der Waals surface area contributed by atoms with Gasteiger partial charge in [0, 0.05) is 6.20 Å². The Bertz CT molecular complexity index is 354. The van der Waals surface area contributed by atoms with Crippen molar-refractivity contribution in [1.82, 2.24) is 9.97 Å². The van der Waals surface area contributed by atoms with E-state index in [0.29, 0.717) is 0 Å². The number of carboxylic acids is 1. The lowest BCUT2D eigenvalue weighted by molar-refractivity contribution is -0.138. The summed E-state index contributed by atoms with van der Waals surface area (Å²) in [5.41, 5.74) is 5.73. The van der Waals surface area contributed by atoms with Crippen molar-refractivity contribution in [3.8, 4) is 5.88 Å². The summed E-state index contributed by atoms with van der Waals surface area (Å²) in [6.45, 7) is 3.64. The van der Waals surface area contributed by atoms with Crippen LogP contribution in [-0.2, 0) is 4.79 Å². The third kappa shape index (κ3) is 2.88. The van der Waals surface area contributed by atoms with Crippen molar-refractivity contribution in [1.29, 1.82) is 0 Å². The van der Waals surface area contributed by atoms with Gasteiger partial charge in [0.1, 0.15) is 12.4 Å². The molecule has 1 heterocycles. The van der Waals surface area contributed by atoms with Gasteiger partial charge >= 0.3 is 5.97 Å². The lowest BCUT2D eigenvalue weighted by Gasteiger charge is -2.14. The number of aliphatic carboxylic acids is 1. The minimum absolute atomic E-state index is 0.0976. The van der Waals surface area contributed by atoms with Gasteiger partial charge in [0.25, 0.3) is 0 Å². The van der Waals surface area contributed by atoms with Crippen molar-refractivity contribution in [3.05, 3.63) is 18.1 Å². The van der Waals surface area contributed by atoms with Crippen molar-refractivity contribution in [2.45, 2.75) is 26.0 Å². The van der Waals surface area contributed by atoms with Crippen molar-refractivity contribution in [3.63, 3.8) is 0 Å². The van der Waals surface area contributed by atoms with Gasteiger partial charge in [0.15, 0.2) is 0 Å². The SMILES string of the molecule is CC(C)Oc1ncncc1C(N)C(=O)O. The first-order valence-electron chi connectivity index (χ1n) is 4.47. The van der Waals surface area contributed by atoms with Crippen molar-refractivity contribution >= 4 is 5.97 Å². The highest BCUT2D eigenvalue weighted by atomic mass is 16.5. The summed E-state index contributed by atoms with van der Waals surface area (Å²) in [6.07, 6.45) is 2.54. The van der Waals surface area contributed by atoms with Crippen LogP contribution in [0.5, 0.6) is 5.88 Å². The Balaban J connectivity index is 3.00. The molecule has 0 aliphatic heterocycles. The predicted molar refractivity (Wildman–Crippen MR) is 52.4 cm³/mol. The van der Waals surface area contributed by atoms with Crippen LogP contribution in [0.25, 0.3) is 0 Å². The van der Waals surface area contributed by atoms with E-state index in [4.69, 9.17) is 15.6 Å². The van der Waals surface area contributed by atoms with Gasteiger partial charge in [0.05, 0.1) is 11.7 Å². The molecule has 1 atom stereocenters. The Kier molecular flexibility index (Phi) is 3.56. The molecule has 0 aliphatic rings.